The third-order valence-corrected chi connectivity index (χ3v) is 4.83. The van der Waals surface area contributed by atoms with Crippen LogP contribution < -0.4 is 5.32 Å². The minimum atomic E-state index is -0.411. The standard InChI is InChI=1S/C16H27N5O3.ClH/c1-12-16(21(23)24)13(2)20(18-12)11-7-15(22)19-9-5-14(6-10-19)4-8-17-3;/h14,17H,4-11H2,1-3H3;1H. The average Bonchev–Trinajstić information content (AvgIpc) is 2.85. The van der Waals surface area contributed by atoms with Gasteiger partial charge in [-0.3, -0.25) is 19.6 Å². The molecule has 2 heterocycles. The summed E-state index contributed by atoms with van der Waals surface area (Å²) in [5.74, 6) is 0.803. The number of carbonyl (C=O) groups is 1. The Hall–Kier alpha value is -1.67. The number of halogens is 1. The van der Waals surface area contributed by atoms with Gasteiger partial charge in [0.2, 0.25) is 5.91 Å². The van der Waals surface area contributed by atoms with Crippen LogP contribution in [0.5, 0.6) is 0 Å². The van der Waals surface area contributed by atoms with Crippen LogP contribution >= 0.6 is 12.4 Å². The zero-order valence-corrected chi connectivity index (χ0v) is 16.0. The predicted octanol–water partition coefficient (Wildman–Crippen LogP) is 2.07. The lowest BCUT2D eigenvalue weighted by Gasteiger charge is -2.32. The first-order valence-electron chi connectivity index (χ1n) is 8.54. The summed E-state index contributed by atoms with van der Waals surface area (Å²) in [7, 11) is 1.96. The molecule has 0 radical (unpaired) electrons. The van der Waals surface area contributed by atoms with Gasteiger partial charge in [-0.1, -0.05) is 0 Å². The van der Waals surface area contributed by atoms with E-state index in [1.54, 1.807) is 18.5 Å². The van der Waals surface area contributed by atoms with Gasteiger partial charge in [0, 0.05) is 19.5 Å². The molecule has 1 aromatic rings. The molecule has 1 aromatic heterocycles. The second kappa shape index (κ2) is 9.72. The number of rotatable bonds is 7. The van der Waals surface area contributed by atoms with Crippen LogP contribution in [0, 0.1) is 29.9 Å². The minimum Gasteiger partial charge on any atom is -0.343 e. The Balaban J connectivity index is 0.00000312. The van der Waals surface area contributed by atoms with Gasteiger partial charge in [-0.2, -0.15) is 5.10 Å². The van der Waals surface area contributed by atoms with Crippen molar-refractivity contribution in [3.63, 3.8) is 0 Å². The Bertz CT molecular complexity index is 597. The highest BCUT2D eigenvalue weighted by atomic mass is 35.5. The molecule has 8 nitrogen and oxygen atoms in total. The van der Waals surface area contributed by atoms with Crippen LogP contribution in [0.25, 0.3) is 0 Å². The molecular formula is C16H28ClN5O3. The molecule has 25 heavy (non-hydrogen) atoms. The fourth-order valence-electron chi connectivity index (χ4n) is 3.35. The van der Waals surface area contributed by atoms with Gasteiger partial charge < -0.3 is 10.2 Å². The molecule has 9 heteroatoms. The van der Waals surface area contributed by atoms with E-state index in [-0.39, 0.29) is 24.0 Å². The van der Waals surface area contributed by atoms with Crippen LogP contribution in [0.1, 0.15) is 37.1 Å². The van der Waals surface area contributed by atoms with E-state index in [1.807, 2.05) is 11.9 Å². The van der Waals surface area contributed by atoms with Gasteiger partial charge in [-0.05, 0) is 52.6 Å². The molecule has 0 atom stereocenters. The first kappa shape index (κ1) is 21.4. The molecule has 1 saturated heterocycles. The van der Waals surface area contributed by atoms with Crippen LogP contribution in [0.3, 0.4) is 0 Å². The SMILES string of the molecule is CNCCC1CCN(C(=O)CCn2nc(C)c([N+](=O)[O-])c2C)CC1.Cl. The molecule has 0 saturated carbocycles. The van der Waals surface area contributed by atoms with E-state index in [0.717, 1.165) is 38.9 Å². The maximum atomic E-state index is 12.4. The van der Waals surface area contributed by atoms with Crippen LogP contribution in [0.2, 0.25) is 0 Å². The molecule has 1 N–H and O–H groups in total. The lowest BCUT2D eigenvalue weighted by Crippen LogP contribution is -2.39. The molecule has 0 aliphatic carbocycles. The molecule has 0 spiro atoms. The third-order valence-electron chi connectivity index (χ3n) is 4.83. The zero-order valence-electron chi connectivity index (χ0n) is 15.2. The fourth-order valence-corrected chi connectivity index (χ4v) is 3.35. The zero-order chi connectivity index (χ0) is 17.7. The summed E-state index contributed by atoms with van der Waals surface area (Å²) >= 11 is 0. The number of hydrogen-bond donors (Lipinski definition) is 1. The van der Waals surface area contributed by atoms with Gasteiger partial charge in [0.05, 0.1) is 11.5 Å². The van der Waals surface area contributed by atoms with E-state index in [9.17, 15) is 14.9 Å². The molecule has 1 aliphatic rings. The van der Waals surface area contributed by atoms with Crippen molar-refractivity contribution < 1.29 is 9.72 Å². The second-order valence-corrected chi connectivity index (χ2v) is 6.47. The summed E-state index contributed by atoms with van der Waals surface area (Å²) < 4.78 is 1.57. The Kier molecular flexibility index (Phi) is 8.31. The van der Waals surface area contributed by atoms with Gasteiger partial charge in [0.25, 0.3) is 0 Å². The molecule has 1 fully saturated rings. The first-order valence-corrected chi connectivity index (χ1v) is 8.54. The van der Waals surface area contributed by atoms with Gasteiger partial charge in [-0.25, -0.2) is 0 Å². The van der Waals surface area contributed by atoms with Crippen LogP contribution in [-0.2, 0) is 11.3 Å². The Morgan fingerprint density at radius 1 is 1.36 bits per heavy atom. The highest BCUT2D eigenvalue weighted by molar-refractivity contribution is 5.85. The number of likely N-dealkylation sites (tertiary alicyclic amines) is 1. The van der Waals surface area contributed by atoms with Crippen LogP contribution in [0.4, 0.5) is 5.69 Å². The normalized spacial score (nSPS) is 15.1. The number of nitrogens with zero attached hydrogens (tertiary/aromatic N) is 4. The third kappa shape index (κ3) is 5.40. The Morgan fingerprint density at radius 2 is 2.00 bits per heavy atom. The van der Waals surface area contributed by atoms with Crippen molar-refractivity contribution in [1.29, 1.82) is 0 Å². The molecule has 2 rings (SSSR count). The van der Waals surface area contributed by atoms with E-state index in [2.05, 4.69) is 10.4 Å². The van der Waals surface area contributed by atoms with Crippen molar-refractivity contribution in [1.82, 2.24) is 20.0 Å². The number of piperidine rings is 1. The number of aromatic nitrogens is 2. The largest absolute Gasteiger partial charge is 0.343 e. The second-order valence-electron chi connectivity index (χ2n) is 6.47. The summed E-state index contributed by atoms with van der Waals surface area (Å²) in [5, 5.41) is 18.4. The Labute approximate surface area is 154 Å². The van der Waals surface area contributed by atoms with Crippen molar-refractivity contribution >= 4 is 24.0 Å². The molecule has 0 unspecified atom stereocenters. The van der Waals surface area contributed by atoms with Crippen molar-refractivity contribution in [3.05, 3.63) is 21.5 Å². The van der Waals surface area contributed by atoms with Crippen molar-refractivity contribution in [2.45, 2.75) is 46.1 Å². The Morgan fingerprint density at radius 3 is 2.52 bits per heavy atom. The minimum absolute atomic E-state index is 0. The van der Waals surface area contributed by atoms with E-state index in [0.29, 0.717) is 30.3 Å². The predicted molar refractivity (Wildman–Crippen MR) is 98.1 cm³/mol. The van der Waals surface area contributed by atoms with Gasteiger partial charge in [-0.15, -0.1) is 12.4 Å². The number of hydrogen-bond acceptors (Lipinski definition) is 5. The average molecular weight is 374 g/mol. The van der Waals surface area contributed by atoms with Crippen LogP contribution in [-0.4, -0.2) is 52.2 Å². The number of aryl methyl sites for hydroxylation is 2. The van der Waals surface area contributed by atoms with E-state index in [1.165, 1.54) is 0 Å². The lowest BCUT2D eigenvalue weighted by atomic mass is 9.93. The molecule has 1 amide bonds. The molecule has 1 aliphatic heterocycles. The van der Waals surface area contributed by atoms with E-state index < -0.39 is 4.92 Å². The van der Waals surface area contributed by atoms with Crippen molar-refractivity contribution in [3.8, 4) is 0 Å². The summed E-state index contributed by atoms with van der Waals surface area (Å²) in [6.45, 7) is 6.33. The summed E-state index contributed by atoms with van der Waals surface area (Å²) in [4.78, 5) is 24.9. The highest BCUT2D eigenvalue weighted by Gasteiger charge is 2.24. The summed E-state index contributed by atoms with van der Waals surface area (Å²) in [6, 6.07) is 0. The van der Waals surface area contributed by atoms with Gasteiger partial charge in [0.1, 0.15) is 11.4 Å². The van der Waals surface area contributed by atoms with Gasteiger partial charge in [0.15, 0.2) is 0 Å². The van der Waals surface area contributed by atoms with E-state index in [4.69, 9.17) is 0 Å². The molecule has 142 valence electrons. The first-order chi connectivity index (χ1) is 11.4. The smallest absolute Gasteiger partial charge is 0.312 e. The number of nitro groups is 1. The topological polar surface area (TPSA) is 93.3 Å². The van der Waals surface area contributed by atoms with E-state index >= 15 is 0 Å². The molecule has 0 aromatic carbocycles. The maximum Gasteiger partial charge on any atom is 0.312 e. The van der Waals surface area contributed by atoms with Crippen LogP contribution in [0.15, 0.2) is 0 Å². The van der Waals surface area contributed by atoms with Crippen molar-refractivity contribution in [2.75, 3.05) is 26.7 Å². The fraction of sp³-hybridized carbons (Fsp3) is 0.750. The number of nitrogens with one attached hydrogen (secondary N) is 1. The van der Waals surface area contributed by atoms with Crippen molar-refractivity contribution in [2.24, 2.45) is 5.92 Å². The monoisotopic (exact) mass is 373 g/mol. The maximum absolute atomic E-state index is 12.4. The molecular weight excluding hydrogens is 346 g/mol. The number of carbonyl (C=O) groups excluding carboxylic acids is 1. The lowest BCUT2D eigenvalue weighted by molar-refractivity contribution is -0.386. The summed E-state index contributed by atoms with van der Waals surface area (Å²) in [5.41, 5.74) is 0.958. The molecule has 0 bridgehead atoms. The highest BCUT2D eigenvalue weighted by Crippen LogP contribution is 2.23. The summed E-state index contributed by atoms with van der Waals surface area (Å²) in [6.07, 6.45) is 3.60. The number of amides is 1. The quantitative estimate of drug-likeness (QED) is 0.583. The van der Waals surface area contributed by atoms with Gasteiger partial charge >= 0.3 is 5.69 Å².